The Bertz CT molecular complexity index is 481. The van der Waals surface area contributed by atoms with Crippen LogP contribution in [0.3, 0.4) is 0 Å². The summed E-state index contributed by atoms with van der Waals surface area (Å²) < 4.78 is 24.9. The predicted molar refractivity (Wildman–Crippen MR) is 72.3 cm³/mol. The summed E-state index contributed by atoms with van der Waals surface area (Å²) in [5.41, 5.74) is 0.869. The first-order valence-corrected chi connectivity index (χ1v) is 7.11. The van der Waals surface area contributed by atoms with E-state index < -0.39 is 16.1 Å². The lowest BCUT2D eigenvalue weighted by Gasteiger charge is -2.21. The second kappa shape index (κ2) is 5.69. The number of hydrogen-bond donors (Lipinski definition) is 1. The van der Waals surface area contributed by atoms with Crippen LogP contribution in [0, 0.1) is 0 Å². The molecule has 0 amide bonds. The van der Waals surface area contributed by atoms with E-state index in [-0.39, 0.29) is 4.90 Å². The molecule has 0 aliphatic carbocycles. The highest BCUT2D eigenvalue weighted by atomic mass is 32.2. The van der Waals surface area contributed by atoms with Crippen molar-refractivity contribution in [1.82, 2.24) is 4.31 Å². The highest BCUT2D eigenvalue weighted by molar-refractivity contribution is 7.89. The molecule has 0 radical (unpaired) electrons. The Morgan fingerprint density at radius 3 is 2.06 bits per heavy atom. The molecule has 0 saturated carbocycles. The quantitative estimate of drug-likeness (QED) is 0.859. The lowest BCUT2D eigenvalue weighted by Crippen LogP contribution is -2.27. The lowest BCUT2D eigenvalue weighted by molar-refractivity contribution is 0.201. The SMILES string of the molecule is CC(O)CN(C)c1ccc(S(=O)(=O)N(C)C)cc1. The molecule has 1 aromatic carbocycles. The van der Waals surface area contributed by atoms with E-state index in [1.165, 1.54) is 18.4 Å². The fraction of sp³-hybridized carbons (Fsp3) is 0.500. The van der Waals surface area contributed by atoms with Crippen LogP contribution in [0.2, 0.25) is 0 Å². The van der Waals surface area contributed by atoms with Gasteiger partial charge in [-0.1, -0.05) is 0 Å². The van der Waals surface area contributed by atoms with Crippen LogP contribution in [-0.2, 0) is 10.0 Å². The van der Waals surface area contributed by atoms with Gasteiger partial charge >= 0.3 is 0 Å². The van der Waals surface area contributed by atoms with E-state index >= 15 is 0 Å². The molecule has 0 aliphatic rings. The van der Waals surface area contributed by atoms with Crippen molar-refractivity contribution >= 4 is 15.7 Å². The van der Waals surface area contributed by atoms with Crippen LogP contribution in [0.1, 0.15) is 6.92 Å². The van der Waals surface area contributed by atoms with E-state index in [1.54, 1.807) is 31.2 Å². The first-order valence-electron chi connectivity index (χ1n) is 5.67. The largest absolute Gasteiger partial charge is 0.392 e. The standard InChI is InChI=1S/C12H20N2O3S/c1-10(15)9-14(4)11-5-7-12(8-6-11)18(16,17)13(2)3/h5-8,10,15H,9H2,1-4H3. The maximum Gasteiger partial charge on any atom is 0.242 e. The molecule has 1 rings (SSSR count). The molecule has 0 bridgehead atoms. The summed E-state index contributed by atoms with van der Waals surface area (Å²) in [6, 6.07) is 6.62. The van der Waals surface area contributed by atoms with Crippen molar-refractivity contribution in [2.45, 2.75) is 17.9 Å². The van der Waals surface area contributed by atoms with Crippen LogP contribution < -0.4 is 4.90 Å². The third-order valence-electron chi connectivity index (χ3n) is 2.59. The zero-order valence-corrected chi connectivity index (χ0v) is 12.0. The van der Waals surface area contributed by atoms with Crippen molar-refractivity contribution in [1.29, 1.82) is 0 Å². The third kappa shape index (κ3) is 3.44. The van der Waals surface area contributed by atoms with Crippen LogP contribution in [0.25, 0.3) is 0 Å². The first-order chi connectivity index (χ1) is 8.25. The second-order valence-corrected chi connectivity index (χ2v) is 6.66. The molecule has 0 spiro atoms. The number of rotatable bonds is 5. The Hall–Kier alpha value is -1.11. The van der Waals surface area contributed by atoms with Crippen molar-refractivity contribution < 1.29 is 13.5 Å². The summed E-state index contributed by atoms with van der Waals surface area (Å²) in [4.78, 5) is 2.14. The fourth-order valence-electron chi connectivity index (χ4n) is 1.59. The van der Waals surface area contributed by atoms with Gasteiger partial charge in [0.2, 0.25) is 10.0 Å². The number of likely N-dealkylation sites (N-methyl/N-ethyl adjacent to an activating group) is 1. The maximum absolute atomic E-state index is 11.9. The van der Waals surface area contributed by atoms with E-state index in [0.717, 1.165) is 5.69 Å². The number of aliphatic hydroxyl groups excluding tert-OH is 1. The van der Waals surface area contributed by atoms with Crippen molar-refractivity contribution in [3.05, 3.63) is 24.3 Å². The van der Waals surface area contributed by atoms with Gasteiger partial charge in [-0.25, -0.2) is 12.7 Å². The van der Waals surface area contributed by atoms with Gasteiger partial charge in [-0.05, 0) is 31.2 Å². The van der Waals surface area contributed by atoms with E-state index in [0.29, 0.717) is 6.54 Å². The van der Waals surface area contributed by atoms with Gasteiger partial charge < -0.3 is 10.0 Å². The number of aliphatic hydroxyl groups is 1. The first kappa shape index (κ1) is 14.9. The van der Waals surface area contributed by atoms with Gasteiger partial charge in [-0.15, -0.1) is 0 Å². The number of nitrogens with zero attached hydrogens (tertiary/aromatic N) is 2. The minimum absolute atomic E-state index is 0.265. The van der Waals surface area contributed by atoms with Crippen molar-refractivity contribution in [3.63, 3.8) is 0 Å². The van der Waals surface area contributed by atoms with Crippen molar-refractivity contribution in [3.8, 4) is 0 Å². The molecule has 0 fully saturated rings. The summed E-state index contributed by atoms with van der Waals surface area (Å²) in [6.07, 6.45) is -0.430. The van der Waals surface area contributed by atoms with Gasteiger partial charge in [0.25, 0.3) is 0 Å². The predicted octanol–water partition coefficient (Wildman–Crippen LogP) is 0.754. The van der Waals surface area contributed by atoms with E-state index in [4.69, 9.17) is 0 Å². The van der Waals surface area contributed by atoms with Crippen LogP contribution in [0.5, 0.6) is 0 Å². The minimum Gasteiger partial charge on any atom is -0.392 e. The normalized spacial score (nSPS) is 13.7. The molecule has 102 valence electrons. The summed E-state index contributed by atoms with van der Waals surface area (Å²) in [7, 11) is 1.48. The molecule has 18 heavy (non-hydrogen) atoms. The zero-order chi connectivity index (χ0) is 13.9. The number of hydrogen-bond acceptors (Lipinski definition) is 4. The summed E-state index contributed by atoms with van der Waals surface area (Å²) in [5.74, 6) is 0. The molecule has 0 aliphatic heterocycles. The van der Waals surface area contributed by atoms with Gasteiger partial charge in [-0.2, -0.15) is 0 Å². The number of benzene rings is 1. The molecule has 6 heteroatoms. The third-order valence-corrected chi connectivity index (χ3v) is 4.42. The second-order valence-electron chi connectivity index (χ2n) is 4.51. The Balaban J connectivity index is 2.94. The van der Waals surface area contributed by atoms with E-state index in [2.05, 4.69) is 0 Å². The highest BCUT2D eigenvalue weighted by Crippen LogP contribution is 2.18. The maximum atomic E-state index is 11.9. The average molecular weight is 272 g/mol. The summed E-state index contributed by atoms with van der Waals surface area (Å²) >= 11 is 0. The van der Waals surface area contributed by atoms with Crippen molar-refractivity contribution in [2.24, 2.45) is 0 Å². The fourth-order valence-corrected chi connectivity index (χ4v) is 2.49. The monoisotopic (exact) mass is 272 g/mol. The van der Waals surface area contributed by atoms with Gasteiger partial charge in [0, 0.05) is 33.4 Å². The molecule has 1 aromatic rings. The molecule has 0 aromatic heterocycles. The van der Waals surface area contributed by atoms with Gasteiger partial charge in [0.1, 0.15) is 0 Å². The number of sulfonamides is 1. The average Bonchev–Trinajstić information content (AvgIpc) is 2.28. The smallest absolute Gasteiger partial charge is 0.242 e. The molecule has 1 unspecified atom stereocenters. The summed E-state index contributed by atoms with van der Waals surface area (Å²) in [5, 5.41) is 9.30. The van der Waals surface area contributed by atoms with Gasteiger partial charge in [-0.3, -0.25) is 0 Å². The Labute approximate surface area is 109 Å². The van der Waals surface area contributed by atoms with Crippen LogP contribution >= 0.6 is 0 Å². The highest BCUT2D eigenvalue weighted by Gasteiger charge is 2.17. The van der Waals surface area contributed by atoms with Crippen LogP contribution in [-0.4, -0.2) is 51.6 Å². The Morgan fingerprint density at radius 2 is 1.67 bits per heavy atom. The Kier molecular flexibility index (Phi) is 4.72. The Morgan fingerprint density at radius 1 is 1.17 bits per heavy atom. The minimum atomic E-state index is -3.38. The molecule has 1 atom stereocenters. The molecule has 1 N–H and O–H groups in total. The van der Waals surface area contributed by atoms with E-state index in [1.807, 2.05) is 11.9 Å². The zero-order valence-electron chi connectivity index (χ0n) is 11.2. The van der Waals surface area contributed by atoms with Crippen LogP contribution in [0.4, 0.5) is 5.69 Å². The van der Waals surface area contributed by atoms with Crippen molar-refractivity contribution in [2.75, 3.05) is 32.6 Å². The van der Waals surface area contributed by atoms with Crippen LogP contribution in [0.15, 0.2) is 29.2 Å². The molecule has 0 heterocycles. The molecule has 5 nitrogen and oxygen atoms in total. The molecular formula is C12H20N2O3S. The summed E-state index contributed by atoms with van der Waals surface area (Å²) in [6.45, 7) is 2.21. The number of anilines is 1. The van der Waals surface area contributed by atoms with Gasteiger partial charge in [0.05, 0.1) is 11.0 Å². The molecule has 0 saturated heterocycles. The lowest BCUT2D eigenvalue weighted by atomic mass is 10.3. The topological polar surface area (TPSA) is 60.9 Å². The molecular weight excluding hydrogens is 252 g/mol. The van der Waals surface area contributed by atoms with E-state index in [9.17, 15) is 13.5 Å². The van der Waals surface area contributed by atoms with Gasteiger partial charge in [0.15, 0.2) is 0 Å².